The predicted octanol–water partition coefficient (Wildman–Crippen LogP) is 8.20. The molecule has 0 aliphatic carbocycles. The number of esters is 1. The van der Waals surface area contributed by atoms with Crippen LogP contribution in [0.1, 0.15) is 129 Å². The zero-order chi connectivity index (χ0) is 25.3. The van der Waals surface area contributed by atoms with Crippen molar-refractivity contribution in [1.82, 2.24) is 4.90 Å². The van der Waals surface area contributed by atoms with Gasteiger partial charge in [0.2, 0.25) is 0 Å². The molecule has 0 spiro atoms. The van der Waals surface area contributed by atoms with E-state index in [9.17, 15) is 9.59 Å². The first-order chi connectivity index (χ1) is 16.5. The average Bonchev–Trinajstić information content (AvgIpc) is 2.81. The number of carbonyl (C=O) groups is 2. The first-order valence-electron chi connectivity index (χ1n) is 14.2. The van der Waals surface area contributed by atoms with Crippen LogP contribution in [-0.4, -0.2) is 43.4 Å². The van der Waals surface area contributed by atoms with Gasteiger partial charge in [0.05, 0.1) is 0 Å². The molecule has 0 amide bonds. The van der Waals surface area contributed by atoms with Crippen molar-refractivity contribution in [1.29, 1.82) is 0 Å². The van der Waals surface area contributed by atoms with Crippen LogP contribution < -0.4 is 0 Å². The number of rotatable bonds is 24. The summed E-state index contributed by atoms with van der Waals surface area (Å²) in [6.45, 7) is 5.47. The van der Waals surface area contributed by atoms with Crippen LogP contribution in [0.5, 0.6) is 0 Å². The van der Waals surface area contributed by atoms with Gasteiger partial charge in [0.15, 0.2) is 11.9 Å². The van der Waals surface area contributed by atoms with Gasteiger partial charge in [-0.3, -0.25) is 9.59 Å². The van der Waals surface area contributed by atoms with Gasteiger partial charge in [0, 0.05) is 12.8 Å². The Balaban J connectivity index is 4.41. The van der Waals surface area contributed by atoms with Crippen LogP contribution in [0, 0.1) is 0 Å². The smallest absolute Gasteiger partial charge is 0.306 e. The minimum absolute atomic E-state index is 0.0901. The molecular formula is C30H55NO3. The third-order valence-corrected chi connectivity index (χ3v) is 6.03. The van der Waals surface area contributed by atoms with Crippen molar-refractivity contribution in [2.24, 2.45) is 0 Å². The molecule has 0 N–H and O–H groups in total. The van der Waals surface area contributed by atoms with Gasteiger partial charge < -0.3 is 9.64 Å². The zero-order valence-electron chi connectivity index (χ0n) is 23.0. The number of ether oxygens (including phenoxy) is 1. The summed E-state index contributed by atoms with van der Waals surface area (Å²) < 4.78 is 5.68. The molecule has 4 heteroatoms. The molecule has 1 atom stereocenters. The maximum absolute atomic E-state index is 12.8. The van der Waals surface area contributed by atoms with Crippen molar-refractivity contribution in [2.45, 2.75) is 136 Å². The lowest BCUT2D eigenvalue weighted by molar-refractivity contribution is -0.155. The Morgan fingerprint density at radius 3 is 1.79 bits per heavy atom. The SMILES string of the molecule is CCCCC/C=C\CCCC(=O)C(CCC/C=C\CCCCC)OC(=O)CCCCCN(C)C. The Hall–Kier alpha value is -1.42. The monoisotopic (exact) mass is 477 g/mol. The van der Waals surface area contributed by atoms with Crippen LogP contribution in [0.25, 0.3) is 0 Å². The van der Waals surface area contributed by atoms with Crippen LogP contribution in [-0.2, 0) is 14.3 Å². The van der Waals surface area contributed by atoms with E-state index in [1.165, 1.54) is 38.5 Å². The Kier molecular flexibility index (Phi) is 23.7. The number of Topliss-reactive ketones (excluding diaryl/α,β-unsaturated/α-hetero) is 1. The number of carbonyl (C=O) groups excluding carboxylic acids is 2. The second kappa shape index (κ2) is 24.7. The summed E-state index contributed by atoms with van der Waals surface area (Å²) in [7, 11) is 4.13. The van der Waals surface area contributed by atoms with Crippen molar-refractivity contribution in [2.75, 3.05) is 20.6 Å². The lowest BCUT2D eigenvalue weighted by Gasteiger charge is -2.17. The van der Waals surface area contributed by atoms with E-state index in [2.05, 4.69) is 57.1 Å². The quantitative estimate of drug-likeness (QED) is 0.0798. The highest BCUT2D eigenvalue weighted by Gasteiger charge is 2.21. The van der Waals surface area contributed by atoms with Gasteiger partial charge in [-0.05, 0) is 91.3 Å². The molecule has 0 bridgehead atoms. The van der Waals surface area contributed by atoms with Gasteiger partial charge in [-0.15, -0.1) is 0 Å². The van der Waals surface area contributed by atoms with E-state index < -0.39 is 6.10 Å². The molecule has 0 radical (unpaired) electrons. The van der Waals surface area contributed by atoms with Gasteiger partial charge in [-0.2, -0.15) is 0 Å². The normalized spacial score (nSPS) is 12.7. The van der Waals surface area contributed by atoms with E-state index >= 15 is 0 Å². The molecule has 0 saturated carbocycles. The van der Waals surface area contributed by atoms with Crippen LogP contribution in [0.15, 0.2) is 24.3 Å². The molecule has 0 heterocycles. The largest absolute Gasteiger partial charge is 0.454 e. The fourth-order valence-electron chi connectivity index (χ4n) is 3.85. The van der Waals surface area contributed by atoms with Crippen molar-refractivity contribution in [3.8, 4) is 0 Å². The third-order valence-electron chi connectivity index (χ3n) is 6.03. The number of ketones is 1. The Morgan fingerprint density at radius 1 is 0.676 bits per heavy atom. The lowest BCUT2D eigenvalue weighted by Crippen LogP contribution is -2.27. The van der Waals surface area contributed by atoms with Crippen molar-refractivity contribution in [3.63, 3.8) is 0 Å². The number of hydrogen-bond acceptors (Lipinski definition) is 4. The van der Waals surface area contributed by atoms with Crippen molar-refractivity contribution >= 4 is 11.8 Å². The van der Waals surface area contributed by atoms with E-state index in [1.807, 2.05) is 0 Å². The fourth-order valence-corrected chi connectivity index (χ4v) is 3.85. The summed E-state index contributed by atoms with van der Waals surface area (Å²) >= 11 is 0. The molecule has 0 aromatic heterocycles. The molecule has 0 rings (SSSR count). The summed E-state index contributed by atoms with van der Waals surface area (Å²) in [6.07, 6.45) is 26.2. The van der Waals surface area contributed by atoms with Gasteiger partial charge in [0.1, 0.15) is 0 Å². The van der Waals surface area contributed by atoms with Crippen molar-refractivity contribution < 1.29 is 14.3 Å². The van der Waals surface area contributed by atoms with Crippen LogP contribution in [0.4, 0.5) is 0 Å². The second-order valence-electron chi connectivity index (χ2n) is 9.82. The summed E-state index contributed by atoms with van der Waals surface area (Å²) in [6, 6.07) is 0. The third kappa shape index (κ3) is 22.4. The minimum Gasteiger partial charge on any atom is -0.454 e. The highest BCUT2D eigenvalue weighted by molar-refractivity contribution is 5.85. The summed E-state index contributed by atoms with van der Waals surface area (Å²) in [5.74, 6) is -0.124. The molecule has 0 aromatic carbocycles. The number of allylic oxidation sites excluding steroid dienone is 4. The standard InChI is InChI=1S/C30H55NO3/c1-5-7-9-11-13-15-17-20-24-28(32)29(25-21-18-16-14-12-10-8-6-2)34-30(33)26-22-19-23-27-31(3)4/h13-16,29H,5-12,17-27H2,1-4H3/b15-13-,16-14-. The molecule has 1 unspecified atom stereocenters. The van der Waals surface area contributed by atoms with Gasteiger partial charge in [-0.25, -0.2) is 0 Å². The van der Waals surface area contributed by atoms with Crippen LogP contribution >= 0.6 is 0 Å². The van der Waals surface area contributed by atoms with E-state index in [0.717, 1.165) is 64.3 Å². The number of nitrogens with zero attached hydrogens (tertiary/aromatic N) is 1. The summed E-state index contributed by atoms with van der Waals surface area (Å²) in [4.78, 5) is 27.4. The maximum Gasteiger partial charge on any atom is 0.306 e. The van der Waals surface area contributed by atoms with Crippen LogP contribution in [0.3, 0.4) is 0 Å². The van der Waals surface area contributed by atoms with Crippen molar-refractivity contribution in [3.05, 3.63) is 24.3 Å². The van der Waals surface area contributed by atoms with Gasteiger partial charge in [0.25, 0.3) is 0 Å². The summed E-state index contributed by atoms with van der Waals surface area (Å²) in [5.41, 5.74) is 0. The molecule has 0 aliphatic rings. The van der Waals surface area contributed by atoms with E-state index in [4.69, 9.17) is 4.74 Å². The Morgan fingerprint density at radius 2 is 1.24 bits per heavy atom. The first kappa shape index (κ1) is 32.6. The zero-order valence-corrected chi connectivity index (χ0v) is 23.0. The van der Waals surface area contributed by atoms with E-state index in [-0.39, 0.29) is 11.8 Å². The molecule has 0 aliphatic heterocycles. The first-order valence-corrected chi connectivity index (χ1v) is 14.2. The Labute approximate surface area is 211 Å². The molecule has 4 nitrogen and oxygen atoms in total. The second-order valence-corrected chi connectivity index (χ2v) is 9.82. The topological polar surface area (TPSA) is 46.6 Å². The molecule has 198 valence electrons. The molecule has 0 saturated heterocycles. The predicted molar refractivity (Wildman–Crippen MR) is 146 cm³/mol. The highest BCUT2D eigenvalue weighted by Crippen LogP contribution is 2.14. The maximum atomic E-state index is 12.8. The van der Waals surface area contributed by atoms with Crippen LogP contribution in [0.2, 0.25) is 0 Å². The van der Waals surface area contributed by atoms with E-state index in [0.29, 0.717) is 19.3 Å². The van der Waals surface area contributed by atoms with E-state index in [1.54, 1.807) is 0 Å². The highest BCUT2D eigenvalue weighted by atomic mass is 16.5. The number of unbranched alkanes of at least 4 members (excludes halogenated alkanes) is 10. The molecule has 34 heavy (non-hydrogen) atoms. The number of hydrogen-bond donors (Lipinski definition) is 0. The minimum atomic E-state index is -0.573. The van der Waals surface area contributed by atoms with Gasteiger partial charge >= 0.3 is 5.97 Å². The molecule has 0 aromatic rings. The molecule has 0 fully saturated rings. The lowest BCUT2D eigenvalue weighted by atomic mass is 10.0. The Bertz CT molecular complexity index is 539. The fraction of sp³-hybridized carbons (Fsp3) is 0.800. The van der Waals surface area contributed by atoms with Gasteiger partial charge in [-0.1, -0.05) is 70.3 Å². The average molecular weight is 478 g/mol. The molecular weight excluding hydrogens is 422 g/mol. The summed E-state index contributed by atoms with van der Waals surface area (Å²) in [5, 5.41) is 0.